The van der Waals surface area contributed by atoms with Gasteiger partial charge in [0.1, 0.15) is 9.39 Å². The number of nitrogens with zero attached hydrogens (tertiary/aromatic N) is 1. The zero-order chi connectivity index (χ0) is 15.6. The number of hydrogen-bond acceptors (Lipinski definition) is 3. The van der Waals surface area contributed by atoms with Gasteiger partial charge in [-0.1, -0.05) is 12.1 Å². The van der Waals surface area contributed by atoms with Gasteiger partial charge in [-0.25, -0.2) is 4.98 Å². The summed E-state index contributed by atoms with van der Waals surface area (Å²) in [5.74, 6) is 0.0820. The van der Waals surface area contributed by atoms with E-state index in [1.165, 1.54) is 19.2 Å². The Bertz CT molecular complexity index is 713. The summed E-state index contributed by atoms with van der Waals surface area (Å²) in [6.45, 7) is 0.105. The molecule has 1 heterocycles. The molecule has 1 aromatic heterocycles. The number of ether oxygens (including phenoxy) is 1. The van der Waals surface area contributed by atoms with E-state index in [0.29, 0.717) is 9.26 Å². The fraction of sp³-hybridized carbons (Fsp3) is 0.231. The standard InChI is InChI=1S/C13H10F3IN2O2/c1-21-6-9-10(17)12(20)19-11(18-9)7-3-2-4-8(5-7)13(14,15)16/h2-5H,6H2,1H3,(H,18,19,20). The first-order valence-electron chi connectivity index (χ1n) is 5.78. The van der Waals surface area contributed by atoms with Gasteiger partial charge in [-0.2, -0.15) is 13.2 Å². The van der Waals surface area contributed by atoms with Gasteiger partial charge in [-0.05, 0) is 34.7 Å². The number of methoxy groups -OCH3 is 1. The van der Waals surface area contributed by atoms with Crippen molar-refractivity contribution in [1.82, 2.24) is 9.97 Å². The maximum absolute atomic E-state index is 12.7. The van der Waals surface area contributed by atoms with E-state index in [1.807, 2.05) is 22.6 Å². The topological polar surface area (TPSA) is 55.0 Å². The average molecular weight is 410 g/mol. The Kier molecular flexibility index (Phi) is 4.67. The highest BCUT2D eigenvalue weighted by atomic mass is 127. The highest BCUT2D eigenvalue weighted by Crippen LogP contribution is 2.31. The van der Waals surface area contributed by atoms with E-state index in [4.69, 9.17) is 4.74 Å². The highest BCUT2D eigenvalue weighted by molar-refractivity contribution is 14.1. The number of benzene rings is 1. The van der Waals surface area contributed by atoms with E-state index < -0.39 is 17.3 Å². The van der Waals surface area contributed by atoms with Crippen molar-refractivity contribution < 1.29 is 17.9 Å². The molecule has 21 heavy (non-hydrogen) atoms. The van der Waals surface area contributed by atoms with Crippen LogP contribution >= 0.6 is 22.6 Å². The summed E-state index contributed by atoms with van der Waals surface area (Å²) in [5.41, 5.74) is -0.635. The van der Waals surface area contributed by atoms with Crippen molar-refractivity contribution in [3.05, 3.63) is 49.4 Å². The molecule has 2 aromatic rings. The molecule has 4 nitrogen and oxygen atoms in total. The van der Waals surface area contributed by atoms with Gasteiger partial charge in [0, 0.05) is 12.7 Å². The lowest BCUT2D eigenvalue weighted by Crippen LogP contribution is -2.17. The lowest BCUT2D eigenvalue weighted by molar-refractivity contribution is -0.137. The van der Waals surface area contributed by atoms with Crippen LogP contribution in [0.15, 0.2) is 29.1 Å². The molecule has 0 radical (unpaired) electrons. The molecule has 0 bridgehead atoms. The second-order valence-electron chi connectivity index (χ2n) is 4.19. The molecule has 0 aliphatic carbocycles. The lowest BCUT2D eigenvalue weighted by Gasteiger charge is -2.09. The summed E-state index contributed by atoms with van der Waals surface area (Å²) in [6, 6.07) is 4.63. The van der Waals surface area contributed by atoms with E-state index in [9.17, 15) is 18.0 Å². The summed E-state index contributed by atoms with van der Waals surface area (Å²) in [4.78, 5) is 18.4. The van der Waals surface area contributed by atoms with Crippen LogP contribution in [0.5, 0.6) is 0 Å². The van der Waals surface area contributed by atoms with Crippen molar-refractivity contribution >= 4 is 22.6 Å². The van der Waals surface area contributed by atoms with Crippen molar-refractivity contribution in [3.63, 3.8) is 0 Å². The molecule has 2 rings (SSSR count). The van der Waals surface area contributed by atoms with Crippen LogP contribution < -0.4 is 5.56 Å². The highest BCUT2D eigenvalue weighted by Gasteiger charge is 2.30. The van der Waals surface area contributed by atoms with Crippen LogP contribution in [-0.2, 0) is 17.5 Å². The minimum atomic E-state index is -4.45. The van der Waals surface area contributed by atoms with Crippen LogP contribution in [0.3, 0.4) is 0 Å². The third-order valence-electron chi connectivity index (χ3n) is 2.68. The third-order valence-corrected chi connectivity index (χ3v) is 3.79. The Morgan fingerprint density at radius 2 is 2.10 bits per heavy atom. The number of halogens is 4. The largest absolute Gasteiger partial charge is 0.416 e. The first-order chi connectivity index (χ1) is 9.82. The monoisotopic (exact) mass is 410 g/mol. The zero-order valence-corrected chi connectivity index (χ0v) is 12.9. The molecule has 8 heteroatoms. The number of aromatic amines is 1. The molecule has 0 unspecified atom stereocenters. The lowest BCUT2D eigenvalue weighted by atomic mass is 10.1. The summed E-state index contributed by atoms with van der Waals surface area (Å²) < 4.78 is 43.4. The maximum atomic E-state index is 12.7. The molecule has 0 aliphatic rings. The van der Waals surface area contributed by atoms with Gasteiger partial charge in [-0.15, -0.1) is 0 Å². The van der Waals surface area contributed by atoms with Crippen LogP contribution in [0.2, 0.25) is 0 Å². The number of hydrogen-bond donors (Lipinski definition) is 1. The minimum Gasteiger partial charge on any atom is -0.378 e. The van der Waals surface area contributed by atoms with E-state index in [1.54, 1.807) is 0 Å². The molecule has 0 saturated carbocycles. The Balaban J connectivity index is 2.54. The van der Waals surface area contributed by atoms with Crippen molar-refractivity contribution in [2.75, 3.05) is 7.11 Å². The van der Waals surface area contributed by atoms with Gasteiger partial charge in [0.25, 0.3) is 5.56 Å². The van der Waals surface area contributed by atoms with Crippen molar-refractivity contribution in [2.45, 2.75) is 12.8 Å². The molecule has 1 N–H and O–H groups in total. The fourth-order valence-corrected chi connectivity index (χ4v) is 2.13. The van der Waals surface area contributed by atoms with Crippen LogP contribution in [0.4, 0.5) is 13.2 Å². The summed E-state index contributed by atoms with van der Waals surface area (Å²) in [5, 5.41) is 0. The van der Waals surface area contributed by atoms with E-state index in [2.05, 4.69) is 9.97 Å². The van der Waals surface area contributed by atoms with Crippen LogP contribution in [0.25, 0.3) is 11.4 Å². The Morgan fingerprint density at radius 3 is 2.71 bits per heavy atom. The summed E-state index contributed by atoms with van der Waals surface area (Å²) in [7, 11) is 1.45. The van der Waals surface area contributed by atoms with Gasteiger partial charge in [0.2, 0.25) is 0 Å². The average Bonchev–Trinajstić information content (AvgIpc) is 2.43. The first-order valence-corrected chi connectivity index (χ1v) is 6.86. The predicted molar refractivity (Wildman–Crippen MR) is 78.7 cm³/mol. The molecule has 0 amide bonds. The molecular formula is C13H10F3IN2O2. The smallest absolute Gasteiger partial charge is 0.378 e. The Morgan fingerprint density at radius 1 is 1.38 bits per heavy atom. The molecule has 0 spiro atoms. The zero-order valence-electron chi connectivity index (χ0n) is 10.8. The van der Waals surface area contributed by atoms with E-state index in [-0.39, 0.29) is 18.0 Å². The van der Waals surface area contributed by atoms with E-state index >= 15 is 0 Å². The van der Waals surface area contributed by atoms with Gasteiger partial charge in [0.05, 0.1) is 17.9 Å². The number of nitrogens with one attached hydrogen (secondary N) is 1. The Labute approximate surface area is 131 Å². The van der Waals surface area contributed by atoms with Crippen molar-refractivity contribution in [3.8, 4) is 11.4 Å². The molecular weight excluding hydrogens is 400 g/mol. The molecule has 112 valence electrons. The van der Waals surface area contributed by atoms with Gasteiger partial charge >= 0.3 is 6.18 Å². The molecule has 0 saturated heterocycles. The van der Waals surface area contributed by atoms with Gasteiger partial charge < -0.3 is 9.72 Å². The van der Waals surface area contributed by atoms with Crippen molar-refractivity contribution in [1.29, 1.82) is 0 Å². The predicted octanol–water partition coefficient (Wildman–Crippen LogP) is 3.21. The number of aromatic nitrogens is 2. The SMILES string of the molecule is COCc1nc(-c2cccc(C(F)(F)F)c2)[nH]c(=O)c1I. The summed E-state index contributed by atoms with van der Waals surface area (Å²) >= 11 is 1.82. The number of H-pyrrole nitrogens is 1. The maximum Gasteiger partial charge on any atom is 0.416 e. The van der Waals surface area contributed by atoms with Crippen LogP contribution in [-0.4, -0.2) is 17.1 Å². The third kappa shape index (κ3) is 3.62. The normalized spacial score (nSPS) is 11.7. The second-order valence-corrected chi connectivity index (χ2v) is 5.27. The molecule has 0 aliphatic heterocycles. The van der Waals surface area contributed by atoms with Crippen LogP contribution in [0.1, 0.15) is 11.3 Å². The second kappa shape index (κ2) is 6.14. The fourth-order valence-electron chi connectivity index (χ4n) is 1.72. The minimum absolute atomic E-state index is 0.0820. The van der Waals surface area contributed by atoms with Crippen LogP contribution in [0, 0.1) is 3.57 Å². The number of alkyl halides is 3. The Hall–Kier alpha value is -1.42. The first kappa shape index (κ1) is 16.0. The van der Waals surface area contributed by atoms with Gasteiger partial charge in [0.15, 0.2) is 0 Å². The van der Waals surface area contributed by atoms with E-state index in [0.717, 1.165) is 12.1 Å². The quantitative estimate of drug-likeness (QED) is 0.792. The summed E-state index contributed by atoms with van der Waals surface area (Å²) in [6.07, 6.45) is -4.45. The number of rotatable bonds is 3. The van der Waals surface area contributed by atoms with Crippen molar-refractivity contribution in [2.24, 2.45) is 0 Å². The molecule has 1 aromatic carbocycles. The molecule has 0 atom stereocenters. The van der Waals surface area contributed by atoms with Gasteiger partial charge in [-0.3, -0.25) is 4.79 Å². The molecule has 0 fully saturated rings.